The van der Waals surface area contributed by atoms with Crippen LogP contribution in [0, 0.1) is 0 Å². The number of ether oxygens (including phenoxy) is 1. The Morgan fingerprint density at radius 1 is 1.56 bits per heavy atom. The molecule has 3 N–H and O–H groups in total. The number of nitrogens with zero attached hydrogens (tertiary/aromatic N) is 1. The third kappa shape index (κ3) is 2.07. The molecule has 1 saturated heterocycles. The van der Waals surface area contributed by atoms with Crippen LogP contribution in [0.5, 0.6) is 0 Å². The van der Waals surface area contributed by atoms with Gasteiger partial charge in [0.15, 0.2) is 12.4 Å². The van der Waals surface area contributed by atoms with Crippen molar-refractivity contribution in [2.75, 3.05) is 6.61 Å². The molecule has 1 unspecified atom stereocenters. The second-order valence-corrected chi connectivity index (χ2v) is 4.23. The first-order chi connectivity index (χ1) is 8.45. The van der Waals surface area contributed by atoms with Crippen molar-refractivity contribution in [3.63, 3.8) is 0 Å². The lowest BCUT2D eigenvalue weighted by Gasteiger charge is -2.15. The Kier molecular flexibility index (Phi) is 3.53. The van der Waals surface area contributed by atoms with Gasteiger partial charge in [-0.3, -0.25) is 14.3 Å². The quantitative estimate of drug-likeness (QED) is 0.630. The molecule has 0 radical (unpaired) electrons. The van der Waals surface area contributed by atoms with Crippen LogP contribution in [0.4, 0.5) is 4.39 Å². The van der Waals surface area contributed by atoms with Gasteiger partial charge in [-0.1, -0.05) is 11.6 Å². The number of aliphatic hydroxyl groups is 2. The first-order valence-electron chi connectivity index (χ1n) is 5.05. The smallest absolute Gasteiger partial charge is 0.330 e. The van der Waals surface area contributed by atoms with E-state index in [2.05, 4.69) is 0 Å². The molecule has 18 heavy (non-hydrogen) atoms. The zero-order valence-electron chi connectivity index (χ0n) is 8.92. The van der Waals surface area contributed by atoms with E-state index in [1.807, 2.05) is 4.98 Å². The molecule has 0 amide bonds. The van der Waals surface area contributed by atoms with Crippen LogP contribution in [0.25, 0.3) is 0 Å². The number of hydrogen-bond acceptors (Lipinski definition) is 5. The Hall–Kier alpha value is -1.22. The summed E-state index contributed by atoms with van der Waals surface area (Å²) in [5.74, 6) is 0. The van der Waals surface area contributed by atoms with Crippen molar-refractivity contribution in [2.24, 2.45) is 0 Å². The van der Waals surface area contributed by atoms with Crippen molar-refractivity contribution in [2.45, 2.75) is 24.6 Å². The zero-order chi connectivity index (χ0) is 13.4. The SMILES string of the molecule is O=c1[nH]c(=O)n(C2O[C@H](CO)[C@@H](O)[C@@H]2F)cc1Cl. The topological polar surface area (TPSA) is 105 Å². The fourth-order valence-corrected chi connectivity index (χ4v) is 1.88. The maximum atomic E-state index is 13.7. The lowest BCUT2D eigenvalue weighted by Crippen LogP contribution is -2.36. The van der Waals surface area contributed by atoms with E-state index in [4.69, 9.17) is 21.4 Å². The van der Waals surface area contributed by atoms with Crippen LogP contribution < -0.4 is 11.2 Å². The van der Waals surface area contributed by atoms with Gasteiger partial charge in [0.05, 0.1) is 6.61 Å². The summed E-state index contributed by atoms with van der Waals surface area (Å²) >= 11 is 5.53. The van der Waals surface area contributed by atoms with Crippen LogP contribution in [-0.2, 0) is 4.74 Å². The molecule has 9 heteroatoms. The highest BCUT2D eigenvalue weighted by molar-refractivity contribution is 6.30. The van der Waals surface area contributed by atoms with Gasteiger partial charge in [-0.2, -0.15) is 0 Å². The van der Waals surface area contributed by atoms with Crippen molar-refractivity contribution in [3.8, 4) is 0 Å². The van der Waals surface area contributed by atoms with E-state index in [1.54, 1.807) is 0 Å². The summed E-state index contributed by atoms with van der Waals surface area (Å²) in [6, 6.07) is 0. The molecule has 1 aromatic rings. The molecule has 100 valence electrons. The standard InChI is InChI=1S/C9H10ClFN2O5/c10-3-1-13(9(17)12-7(3)16)8-5(11)6(15)4(2-14)18-8/h1,4-6,8,14-15H,2H2,(H,12,16,17)/t4-,5+,6-,8?/m1/s1. The molecular weight excluding hydrogens is 271 g/mol. The summed E-state index contributed by atoms with van der Waals surface area (Å²) in [5, 5.41) is 18.0. The van der Waals surface area contributed by atoms with E-state index < -0.39 is 42.5 Å². The lowest BCUT2D eigenvalue weighted by atomic mass is 10.1. The molecule has 0 bridgehead atoms. The fraction of sp³-hybridized carbons (Fsp3) is 0.556. The predicted octanol–water partition coefficient (Wildman–Crippen LogP) is -1.22. The van der Waals surface area contributed by atoms with Crippen LogP contribution in [0.15, 0.2) is 15.8 Å². The van der Waals surface area contributed by atoms with Gasteiger partial charge in [-0.05, 0) is 0 Å². The van der Waals surface area contributed by atoms with Gasteiger partial charge in [-0.25, -0.2) is 9.18 Å². The minimum atomic E-state index is -1.91. The second-order valence-electron chi connectivity index (χ2n) is 3.83. The number of halogens is 2. The number of rotatable bonds is 2. The summed E-state index contributed by atoms with van der Waals surface area (Å²) in [5.41, 5.74) is -1.71. The van der Waals surface area contributed by atoms with Crippen molar-refractivity contribution in [1.82, 2.24) is 9.55 Å². The normalized spacial score (nSPS) is 31.8. The highest BCUT2D eigenvalue weighted by Crippen LogP contribution is 2.30. The average molecular weight is 281 g/mol. The van der Waals surface area contributed by atoms with Crippen molar-refractivity contribution >= 4 is 11.6 Å². The van der Waals surface area contributed by atoms with E-state index in [0.717, 1.165) is 10.8 Å². The van der Waals surface area contributed by atoms with Gasteiger partial charge < -0.3 is 14.9 Å². The van der Waals surface area contributed by atoms with Crippen LogP contribution >= 0.6 is 11.6 Å². The molecular formula is C9H10ClFN2O5. The Bertz CT molecular complexity index is 559. The summed E-state index contributed by atoms with van der Waals surface area (Å²) in [6.07, 6.45) is -5.13. The number of hydrogen-bond donors (Lipinski definition) is 3. The number of H-pyrrole nitrogens is 1. The van der Waals surface area contributed by atoms with E-state index in [1.165, 1.54) is 0 Å². The molecule has 0 aromatic carbocycles. The van der Waals surface area contributed by atoms with Crippen LogP contribution in [0.1, 0.15) is 6.23 Å². The van der Waals surface area contributed by atoms with Gasteiger partial charge >= 0.3 is 5.69 Å². The third-order valence-electron chi connectivity index (χ3n) is 2.67. The Morgan fingerprint density at radius 3 is 2.78 bits per heavy atom. The number of aliphatic hydroxyl groups excluding tert-OH is 2. The number of aromatic nitrogens is 2. The van der Waals surface area contributed by atoms with Crippen molar-refractivity contribution in [3.05, 3.63) is 32.1 Å². The molecule has 1 fully saturated rings. The number of aromatic amines is 1. The molecule has 4 atom stereocenters. The molecule has 2 heterocycles. The van der Waals surface area contributed by atoms with Gasteiger partial charge in [-0.15, -0.1) is 0 Å². The van der Waals surface area contributed by atoms with Crippen LogP contribution in [0.3, 0.4) is 0 Å². The van der Waals surface area contributed by atoms with E-state index >= 15 is 0 Å². The summed E-state index contributed by atoms with van der Waals surface area (Å²) in [6.45, 7) is -0.593. The summed E-state index contributed by atoms with van der Waals surface area (Å²) < 4.78 is 19.5. The molecule has 2 rings (SSSR count). The maximum Gasteiger partial charge on any atom is 0.330 e. The van der Waals surface area contributed by atoms with Crippen LogP contribution in [-0.4, -0.2) is 44.8 Å². The van der Waals surface area contributed by atoms with Gasteiger partial charge in [0.25, 0.3) is 5.56 Å². The first-order valence-corrected chi connectivity index (χ1v) is 5.43. The van der Waals surface area contributed by atoms with Gasteiger partial charge in [0.2, 0.25) is 0 Å². The Labute approximate surface area is 104 Å². The molecule has 7 nitrogen and oxygen atoms in total. The lowest BCUT2D eigenvalue weighted by molar-refractivity contribution is -0.0491. The highest BCUT2D eigenvalue weighted by Gasteiger charge is 2.45. The van der Waals surface area contributed by atoms with Crippen molar-refractivity contribution in [1.29, 1.82) is 0 Å². The van der Waals surface area contributed by atoms with Crippen LogP contribution in [0.2, 0.25) is 5.02 Å². The molecule has 1 aromatic heterocycles. The molecule has 1 aliphatic rings. The van der Waals surface area contributed by atoms with Crippen molar-refractivity contribution < 1.29 is 19.3 Å². The number of alkyl halides is 1. The first kappa shape index (κ1) is 13.2. The maximum absolute atomic E-state index is 13.7. The fourth-order valence-electron chi connectivity index (χ4n) is 1.73. The molecule has 1 aliphatic heterocycles. The Morgan fingerprint density at radius 2 is 2.22 bits per heavy atom. The van der Waals surface area contributed by atoms with E-state index in [-0.39, 0.29) is 5.02 Å². The largest absolute Gasteiger partial charge is 0.394 e. The molecule has 0 saturated carbocycles. The second kappa shape index (κ2) is 4.81. The highest BCUT2D eigenvalue weighted by atomic mass is 35.5. The van der Waals surface area contributed by atoms with E-state index in [9.17, 15) is 19.1 Å². The summed E-state index contributed by atoms with van der Waals surface area (Å²) in [7, 11) is 0. The van der Waals surface area contributed by atoms with E-state index in [0.29, 0.717) is 0 Å². The summed E-state index contributed by atoms with van der Waals surface area (Å²) in [4.78, 5) is 24.4. The zero-order valence-corrected chi connectivity index (χ0v) is 9.67. The minimum Gasteiger partial charge on any atom is -0.394 e. The number of nitrogens with one attached hydrogen (secondary N) is 1. The Balaban J connectivity index is 2.42. The predicted molar refractivity (Wildman–Crippen MR) is 58.2 cm³/mol. The third-order valence-corrected chi connectivity index (χ3v) is 2.94. The van der Waals surface area contributed by atoms with Gasteiger partial charge in [0.1, 0.15) is 17.2 Å². The van der Waals surface area contributed by atoms with Gasteiger partial charge in [0, 0.05) is 6.20 Å². The molecule has 0 spiro atoms. The monoisotopic (exact) mass is 280 g/mol. The average Bonchev–Trinajstić information content (AvgIpc) is 2.61. The minimum absolute atomic E-state index is 0.313. The molecule has 0 aliphatic carbocycles.